The number of rotatable bonds is 4. The highest BCUT2D eigenvalue weighted by Crippen LogP contribution is 2.15. The Labute approximate surface area is 131 Å². The summed E-state index contributed by atoms with van der Waals surface area (Å²) in [5.74, 6) is 1.03. The summed E-state index contributed by atoms with van der Waals surface area (Å²) >= 11 is 2.18. The number of benzene rings is 1. The monoisotopic (exact) mass is 382 g/mol. The van der Waals surface area contributed by atoms with Crippen molar-refractivity contribution in [3.63, 3.8) is 0 Å². The van der Waals surface area contributed by atoms with E-state index in [4.69, 9.17) is 4.74 Å². The second kappa shape index (κ2) is 6.69. The fourth-order valence-corrected chi connectivity index (χ4v) is 2.23. The zero-order chi connectivity index (χ0) is 14.5. The molecule has 4 nitrogen and oxygen atoms in total. The molecule has 1 aromatic carbocycles. The largest absolute Gasteiger partial charge is 0.484 e. The van der Waals surface area contributed by atoms with Gasteiger partial charge < -0.3 is 10.1 Å². The molecule has 0 saturated heterocycles. The number of nitrogens with zero attached hydrogens (tertiary/aromatic N) is 1. The van der Waals surface area contributed by atoms with Crippen LogP contribution in [0.2, 0.25) is 0 Å². The van der Waals surface area contributed by atoms with Crippen molar-refractivity contribution >= 4 is 34.3 Å². The van der Waals surface area contributed by atoms with Crippen molar-refractivity contribution in [1.29, 1.82) is 0 Å². The molecule has 0 aliphatic carbocycles. The van der Waals surface area contributed by atoms with Gasteiger partial charge in [0.25, 0.3) is 5.91 Å². The first-order chi connectivity index (χ1) is 9.54. The van der Waals surface area contributed by atoms with Crippen LogP contribution in [0, 0.1) is 17.4 Å². The highest BCUT2D eigenvalue weighted by molar-refractivity contribution is 14.1. The van der Waals surface area contributed by atoms with E-state index in [2.05, 4.69) is 32.9 Å². The molecular formula is C15H15IN2O2. The van der Waals surface area contributed by atoms with Crippen molar-refractivity contribution in [2.24, 2.45) is 0 Å². The summed E-state index contributed by atoms with van der Waals surface area (Å²) in [6, 6.07) is 9.54. The number of carbonyl (C=O) groups excluding carboxylic acids is 1. The minimum atomic E-state index is -0.220. The van der Waals surface area contributed by atoms with Crippen LogP contribution in [0.25, 0.3) is 0 Å². The van der Waals surface area contributed by atoms with Crippen LogP contribution in [0.15, 0.2) is 36.5 Å². The van der Waals surface area contributed by atoms with Gasteiger partial charge in [-0.3, -0.25) is 4.79 Å². The third-order valence-electron chi connectivity index (χ3n) is 2.69. The number of pyridine rings is 1. The summed E-state index contributed by atoms with van der Waals surface area (Å²) in [6.45, 7) is 3.88. The fraction of sp³-hybridized carbons (Fsp3) is 0.200. The Bertz CT molecular complexity index is 612. The Morgan fingerprint density at radius 2 is 2.00 bits per heavy atom. The van der Waals surface area contributed by atoms with Crippen LogP contribution in [0.3, 0.4) is 0 Å². The number of aromatic nitrogens is 1. The molecule has 1 aromatic heterocycles. The SMILES string of the molecule is Cc1ccc(OCC(=O)Nc2ncc(I)cc2C)cc1. The molecule has 1 N–H and O–H groups in total. The quantitative estimate of drug-likeness (QED) is 0.826. The average molecular weight is 382 g/mol. The summed E-state index contributed by atoms with van der Waals surface area (Å²) in [5.41, 5.74) is 2.08. The van der Waals surface area contributed by atoms with Crippen LogP contribution in [0.4, 0.5) is 5.82 Å². The molecular weight excluding hydrogens is 367 g/mol. The molecule has 0 bridgehead atoms. The number of ether oxygens (including phenoxy) is 1. The molecule has 0 aliphatic heterocycles. The lowest BCUT2D eigenvalue weighted by atomic mass is 10.2. The zero-order valence-corrected chi connectivity index (χ0v) is 13.5. The van der Waals surface area contributed by atoms with Crippen LogP contribution in [0.1, 0.15) is 11.1 Å². The molecule has 0 aliphatic rings. The van der Waals surface area contributed by atoms with Gasteiger partial charge in [-0.25, -0.2) is 4.98 Å². The third kappa shape index (κ3) is 4.19. The number of amides is 1. The molecule has 20 heavy (non-hydrogen) atoms. The van der Waals surface area contributed by atoms with Crippen molar-refractivity contribution in [1.82, 2.24) is 4.98 Å². The molecule has 0 fully saturated rings. The lowest BCUT2D eigenvalue weighted by Crippen LogP contribution is -2.21. The minimum absolute atomic E-state index is 0.0316. The molecule has 0 radical (unpaired) electrons. The van der Waals surface area contributed by atoms with Gasteiger partial charge in [0, 0.05) is 9.77 Å². The maximum atomic E-state index is 11.8. The molecule has 1 amide bonds. The predicted molar refractivity (Wildman–Crippen MR) is 87.0 cm³/mol. The summed E-state index contributed by atoms with van der Waals surface area (Å²) in [6.07, 6.45) is 1.71. The van der Waals surface area contributed by atoms with E-state index in [1.54, 1.807) is 6.20 Å². The van der Waals surface area contributed by atoms with Gasteiger partial charge in [-0.2, -0.15) is 0 Å². The summed E-state index contributed by atoms with van der Waals surface area (Å²) < 4.78 is 6.45. The first-order valence-corrected chi connectivity index (χ1v) is 7.24. The molecule has 0 atom stereocenters. The third-order valence-corrected chi connectivity index (χ3v) is 3.28. The molecule has 0 unspecified atom stereocenters. The van der Waals surface area contributed by atoms with Gasteiger partial charge in [-0.1, -0.05) is 17.7 Å². The molecule has 0 saturated carbocycles. The lowest BCUT2D eigenvalue weighted by molar-refractivity contribution is -0.118. The van der Waals surface area contributed by atoms with E-state index >= 15 is 0 Å². The zero-order valence-electron chi connectivity index (χ0n) is 11.3. The topological polar surface area (TPSA) is 51.2 Å². The van der Waals surface area contributed by atoms with E-state index in [1.807, 2.05) is 44.2 Å². The van der Waals surface area contributed by atoms with Crippen molar-refractivity contribution in [3.8, 4) is 5.75 Å². The highest BCUT2D eigenvalue weighted by atomic mass is 127. The minimum Gasteiger partial charge on any atom is -0.484 e. The Balaban J connectivity index is 1.90. The van der Waals surface area contributed by atoms with Gasteiger partial charge in [0.1, 0.15) is 11.6 Å². The molecule has 5 heteroatoms. The number of halogens is 1. The standard InChI is InChI=1S/C15H15IN2O2/c1-10-3-5-13(6-4-10)20-9-14(19)18-15-11(2)7-12(16)8-17-15/h3-8H,9H2,1-2H3,(H,17,18,19). The van der Waals surface area contributed by atoms with Crippen LogP contribution in [-0.4, -0.2) is 17.5 Å². The number of aryl methyl sites for hydroxylation is 2. The van der Waals surface area contributed by atoms with E-state index in [0.717, 1.165) is 14.7 Å². The van der Waals surface area contributed by atoms with Crippen molar-refractivity contribution in [2.45, 2.75) is 13.8 Å². The van der Waals surface area contributed by atoms with Crippen molar-refractivity contribution < 1.29 is 9.53 Å². The number of hydrogen-bond donors (Lipinski definition) is 1. The molecule has 0 spiro atoms. The van der Waals surface area contributed by atoms with Crippen LogP contribution in [0.5, 0.6) is 5.75 Å². The first kappa shape index (κ1) is 14.8. The maximum Gasteiger partial charge on any atom is 0.263 e. The molecule has 2 aromatic rings. The van der Waals surface area contributed by atoms with E-state index in [-0.39, 0.29) is 12.5 Å². The highest BCUT2D eigenvalue weighted by Gasteiger charge is 2.07. The van der Waals surface area contributed by atoms with Crippen LogP contribution >= 0.6 is 22.6 Å². The number of nitrogens with one attached hydrogen (secondary N) is 1. The maximum absolute atomic E-state index is 11.8. The molecule has 104 valence electrons. The summed E-state index contributed by atoms with van der Waals surface area (Å²) in [7, 11) is 0. The Morgan fingerprint density at radius 3 is 2.65 bits per heavy atom. The lowest BCUT2D eigenvalue weighted by Gasteiger charge is -2.09. The number of hydrogen-bond acceptors (Lipinski definition) is 3. The Morgan fingerprint density at radius 1 is 1.30 bits per heavy atom. The number of anilines is 1. The fourth-order valence-electron chi connectivity index (χ4n) is 1.62. The van der Waals surface area contributed by atoms with Crippen LogP contribution in [-0.2, 0) is 4.79 Å². The van der Waals surface area contributed by atoms with Gasteiger partial charge in [0.05, 0.1) is 0 Å². The van der Waals surface area contributed by atoms with Crippen molar-refractivity contribution in [2.75, 3.05) is 11.9 Å². The second-order valence-electron chi connectivity index (χ2n) is 4.47. The summed E-state index contributed by atoms with van der Waals surface area (Å²) in [4.78, 5) is 16.0. The predicted octanol–water partition coefficient (Wildman–Crippen LogP) is 3.32. The normalized spacial score (nSPS) is 10.2. The van der Waals surface area contributed by atoms with Crippen LogP contribution < -0.4 is 10.1 Å². The van der Waals surface area contributed by atoms with E-state index in [0.29, 0.717) is 11.6 Å². The second-order valence-corrected chi connectivity index (χ2v) is 5.71. The summed E-state index contributed by atoms with van der Waals surface area (Å²) in [5, 5.41) is 2.74. The smallest absolute Gasteiger partial charge is 0.263 e. The van der Waals surface area contributed by atoms with Gasteiger partial charge >= 0.3 is 0 Å². The first-order valence-electron chi connectivity index (χ1n) is 6.16. The number of carbonyl (C=O) groups is 1. The van der Waals surface area contributed by atoms with E-state index < -0.39 is 0 Å². The van der Waals surface area contributed by atoms with Gasteiger partial charge in [-0.05, 0) is 60.2 Å². The Hall–Kier alpha value is -1.63. The van der Waals surface area contributed by atoms with Crippen molar-refractivity contribution in [3.05, 3.63) is 51.2 Å². The Kier molecular flexibility index (Phi) is 4.94. The molecule has 1 heterocycles. The molecule has 2 rings (SSSR count). The van der Waals surface area contributed by atoms with Gasteiger partial charge in [0.15, 0.2) is 6.61 Å². The van der Waals surface area contributed by atoms with E-state index in [9.17, 15) is 4.79 Å². The van der Waals surface area contributed by atoms with Gasteiger partial charge in [0.2, 0.25) is 0 Å². The average Bonchev–Trinajstić information content (AvgIpc) is 2.41. The van der Waals surface area contributed by atoms with Gasteiger partial charge in [-0.15, -0.1) is 0 Å². The van der Waals surface area contributed by atoms with E-state index in [1.165, 1.54) is 0 Å².